The molecule has 0 fully saturated rings. The molecule has 3 aromatic rings. The number of aromatic nitrogens is 1. The Bertz CT molecular complexity index is 1210. The molecule has 2 aromatic carbocycles. The second-order valence-electron chi connectivity index (χ2n) is 7.65. The van der Waals surface area contributed by atoms with Gasteiger partial charge in [-0.25, -0.2) is 5.01 Å². The van der Waals surface area contributed by atoms with Gasteiger partial charge in [0.25, 0.3) is 11.8 Å². The highest BCUT2D eigenvalue weighted by Gasteiger charge is 2.22. The van der Waals surface area contributed by atoms with Crippen LogP contribution in [0.4, 0.5) is 5.69 Å². The number of amides is 2. The molecule has 1 aliphatic rings. The smallest absolute Gasteiger partial charge is 0.274 e. The fourth-order valence-corrected chi connectivity index (χ4v) is 3.69. The van der Waals surface area contributed by atoms with Crippen LogP contribution in [0.3, 0.4) is 0 Å². The first kappa shape index (κ1) is 23.0. The summed E-state index contributed by atoms with van der Waals surface area (Å²) in [6, 6.07) is 15.9. The minimum absolute atomic E-state index is 0.228. The zero-order chi connectivity index (χ0) is 23.9. The lowest BCUT2D eigenvalue weighted by Gasteiger charge is -2.24. The summed E-state index contributed by atoms with van der Waals surface area (Å²) in [5, 5.41) is 8.92. The number of benzene rings is 2. The predicted octanol–water partition coefficient (Wildman–Crippen LogP) is 4.38. The lowest BCUT2D eigenvalue weighted by atomic mass is 10.0. The summed E-state index contributed by atoms with van der Waals surface area (Å²) >= 11 is 0. The molecule has 34 heavy (non-hydrogen) atoms. The maximum Gasteiger partial charge on any atom is 0.274 e. The molecule has 1 N–H and O–H groups in total. The number of anilines is 1. The van der Waals surface area contributed by atoms with Crippen LogP contribution in [0.15, 0.2) is 72.1 Å². The molecular formula is C26H26N4O4. The van der Waals surface area contributed by atoms with Gasteiger partial charge >= 0.3 is 0 Å². The molecule has 0 aliphatic carbocycles. The molecule has 1 aliphatic heterocycles. The maximum atomic E-state index is 13.2. The predicted molar refractivity (Wildman–Crippen MR) is 130 cm³/mol. The van der Waals surface area contributed by atoms with E-state index in [4.69, 9.17) is 9.47 Å². The number of hydrogen-bond acceptors (Lipinski definition) is 6. The molecule has 174 valence electrons. The van der Waals surface area contributed by atoms with E-state index in [2.05, 4.69) is 15.4 Å². The average molecular weight is 459 g/mol. The second kappa shape index (κ2) is 10.6. The Kier molecular flexibility index (Phi) is 7.17. The molecule has 0 unspecified atom stereocenters. The number of rotatable bonds is 7. The first-order valence-corrected chi connectivity index (χ1v) is 11.1. The summed E-state index contributed by atoms with van der Waals surface area (Å²) < 4.78 is 11.0. The van der Waals surface area contributed by atoms with Gasteiger partial charge in [-0.05, 0) is 68.3 Å². The van der Waals surface area contributed by atoms with Gasteiger partial charge in [-0.2, -0.15) is 5.10 Å². The largest absolute Gasteiger partial charge is 0.493 e. The number of hydrogen-bond donors (Lipinski definition) is 1. The number of nitrogens with zero attached hydrogens (tertiary/aromatic N) is 3. The van der Waals surface area contributed by atoms with Crippen molar-refractivity contribution >= 4 is 23.2 Å². The minimum atomic E-state index is -0.291. The molecule has 1 aromatic heterocycles. The lowest BCUT2D eigenvalue weighted by molar-refractivity contribution is 0.0751. The van der Waals surface area contributed by atoms with Crippen molar-refractivity contribution in [3.8, 4) is 11.5 Å². The monoisotopic (exact) mass is 458 g/mol. The Morgan fingerprint density at radius 2 is 1.91 bits per heavy atom. The maximum absolute atomic E-state index is 13.2. The average Bonchev–Trinajstić information content (AvgIpc) is 2.89. The van der Waals surface area contributed by atoms with Crippen LogP contribution in [0.25, 0.3) is 0 Å². The third-order valence-corrected chi connectivity index (χ3v) is 5.35. The summed E-state index contributed by atoms with van der Waals surface area (Å²) in [6.45, 7) is 2.95. The van der Waals surface area contributed by atoms with Crippen molar-refractivity contribution in [1.29, 1.82) is 0 Å². The van der Waals surface area contributed by atoms with Crippen LogP contribution in [0.2, 0.25) is 0 Å². The topological polar surface area (TPSA) is 93.1 Å². The standard InChI is InChI=1S/C26H26N4O4/c1-3-34-24-16-18(11-12-23(24)33-2)22-10-6-14-30(29-22)26(32)19-7-4-9-21(15-19)28-25(31)20-8-5-13-27-17-20/h4-5,7-9,11-13,15-17H,3,6,10,14H2,1-2H3,(H,28,31). The molecule has 8 nitrogen and oxygen atoms in total. The summed E-state index contributed by atoms with van der Waals surface area (Å²) in [5.74, 6) is 0.777. The molecule has 2 heterocycles. The zero-order valence-corrected chi connectivity index (χ0v) is 19.2. The molecule has 0 radical (unpaired) electrons. The second-order valence-corrected chi connectivity index (χ2v) is 7.65. The van der Waals surface area contributed by atoms with E-state index in [1.807, 2.05) is 25.1 Å². The Hall–Kier alpha value is -4.20. The highest BCUT2D eigenvalue weighted by Crippen LogP contribution is 2.29. The van der Waals surface area contributed by atoms with E-state index in [9.17, 15) is 9.59 Å². The van der Waals surface area contributed by atoms with E-state index in [0.717, 1.165) is 24.1 Å². The summed E-state index contributed by atoms with van der Waals surface area (Å²) in [6.07, 6.45) is 4.64. The fourth-order valence-electron chi connectivity index (χ4n) is 3.69. The molecular weight excluding hydrogens is 432 g/mol. The lowest BCUT2D eigenvalue weighted by Crippen LogP contribution is -2.32. The van der Waals surface area contributed by atoms with Crippen LogP contribution in [0.1, 0.15) is 46.0 Å². The van der Waals surface area contributed by atoms with Gasteiger partial charge in [0.15, 0.2) is 11.5 Å². The van der Waals surface area contributed by atoms with E-state index >= 15 is 0 Å². The van der Waals surface area contributed by atoms with Gasteiger partial charge in [-0.1, -0.05) is 6.07 Å². The molecule has 4 rings (SSSR count). The SMILES string of the molecule is CCOc1cc(C2=NN(C(=O)c3cccc(NC(=O)c4cccnc4)c3)CCC2)ccc1OC. The van der Waals surface area contributed by atoms with Gasteiger partial charge in [-0.3, -0.25) is 14.6 Å². The number of carbonyl (C=O) groups excluding carboxylic acids is 2. The van der Waals surface area contributed by atoms with Crippen molar-refractivity contribution in [2.24, 2.45) is 5.10 Å². The fraction of sp³-hybridized carbons (Fsp3) is 0.231. The molecule has 0 atom stereocenters. The van der Waals surface area contributed by atoms with E-state index in [-0.39, 0.29) is 11.8 Å². The molecule has 8 heteroatoms. The number of ether oxygens (including phenoxy) is 2. The molecule has 0 saturated carbocycles. The van der Waals surface area contributed by atoms with E-state index < -0.39 is 0 Å². The van der Waals surface area contributed by atoms with Gasteiger partial charge in [0.2, 0.25) is 0 Å². The minimum Gasteiger partial charge on any atom is -0.493 e. The van der Waals surface area contributed by atoms with Crippen LogP contribution >= 0.6 is 0 Å². The number of methoxy groups -OCH3 is 1. The van der Waals surface area contributed by atoms with Gasteiger partial charge in [0.1, 0.15) is 0 Å². The van der Waals surface area contributed by atoms with Crippen molar-refractivity contribution in [3.05, 3.63) is 83.7 Å². The van der Waals surface area contributed by atoms with E-state index in [0.29, 0.717) is 41.5 Å². The summed E-state index contributed by atoms with van der Waals surface area (Å²) in [7, 11) is 1.60. The quantitative estimate of drug-likeness (QED) is 0.567. The van der Waals surface area contributed by atoms with Crippen molar-refractivity contribution < 1.29 is 19.1 Å². The zero-order valence-electron chi connectivity index (χ0n) is 19.2. The molecule has 0 saturated heterocycles. The first-order chi connectivity index (χ1) is 16.6. The molecule has 2 amide bonds. The van der Waals surface area contributed by atoms with Crippen LogP contribution in [-0.4, -0.2) is 47.8 Å². The Morgan fingerprint density at radius 1 is 1.06 bits per heavy atom. The Morgan fingerprint density at radius 3 is 2.68 bits per heavy atom. The van der Waals surface area contributed by atoms with Crippen LogP contribution in [-0.2, 0) is 0 Å². The molecule has 0 spiro atoms. The van der Waals surface area contributed by atoms with Gasteiger partial charge in [0.05, 0.1) is 25.0 Å². The van der Waals surface area contributed by atoms with Crippen molar-refractivity contribution in [1.82, 2.24) is 9.99 Å². The first-order valence-electron chi connectivity index (χ1n) is 11.1. The number of nitrogens with one attached hydrogen (secondary N) is 1. The van der Waals surface area contributed by atoms with E-state index in [1.165, 1.54) is 11.2 Å². The van der Waals surface area contributed by atoms with Gasteiger partial charge < -0.3 is 14.8 Å². The summed E-state index contributed by atoms with van der Waals surface area (Å²) in [5.41, 5.74) is 3.11. The third kappa shape index (κ3) is 5.23. The highest BCUT2D eigenvalue weighted by molar-refractivity contribution is 6.05. The number of hydrazone groups is 1. The highest BCUT2D eigenvalue weighted by atomic mass is 16.5. The van der Waals surface area contributed by atoms with E-state index in [1.54, 1.807) is 49.7 Å². The molecule has 0 bridgehead atoms. The number of carbonyl (C=O) groups is 2. The van der Waals surface area contributed by atoms with Crippen molar-refractivity contribution in [2.75, 3.05) is 25.6 Å². The van der Waals surface area contributed by atoms with Crippen molar-refractivity contribution in [2.45, 2.75) is 19.8 Å². The Labute approximate surface area is 198 Å². The van der Waals surface area contributed by atoms with Gasteiger partial charge in [-0.15, -0.1) is 0 Å². The number of pyridine rings is 1. The normalized spacial score (nSPS) is 13.1. The van der Waals surface area contributed by atoms with Crippen molar-refractivity contribution in [3.63, 3.8) is 0 Å². The van der Waals surface area contributed by atoms with Crippen LogP contribution in [0, 0.1) is 0 Å². The van der Waals surface area contributed by atoms with Gasteiger partial charge in [0, 0.05) is 35.8 Å². The summed E-state index contributed by atoms with van der Waals surface area (Å²) in [4.78, 5) is 29.6. The third-order valence-electron chi connectivity index (χ3n) is 5.35. The Balaban J connectivity index is 1.53. The van der Waals surface area contributed by atoms with Crippen LogP contribution in [0.5, 0.6) is 11.5 Å². The van der Waals surface area contributed by atoms with Crippen LogP contribution < -0.4 is 14.8 Å².